The summed E-state index contributed by atoms with van der Waals surface area (Å²) in [4.78, 5) is 2.50. The second-order valence-electron chi connectivity index (χ2n) is 5.13. The van der Waals surface area contributed by atoms with Gasteiger partial charge in [-0.1, -0.05) is 31.2 Å². The van der Waals surface area contributed by atoms with Gasteiger partial charge >= 0.3 is 0 Å². The molecule has 1 saturated heterocycles. The zero-order chi connectivity index (χ0) is 12.8. The van der Waals surface area contributed by atoms with Gasteiger partial charge in [0.15, 0.2) is 0 Å². The zero-order valence-electron chi connectivity index (χ0n) is 11.4. The van der Waals surface area contributed by atoms with Crippen LogP contribution in [0.2, 0.25) is 0 Å². The maximum Gasteiger partial charge on any atom is 0.0208 e. The molecule has 100 valence electrons. The van der Waals surface area contributed by atoms with E-state index in [2.05, 4.69) is 50.6 Å². The molecule has 1 N–H and O–H groups in total. The van der Waals surface area contributed by atoms with Crippen LogP contribution in [0, 0.1) is 0 Å². The summed E-state index contributed by atoms with van der Waals surface area (Å²) in [7, 11) is 2.82. The monoisotopic (exact) mass is 264 g/mol. The normalized spacial score (nSPS) is 18.1. The van der Waals surface area contributed by atoms with E-state index in [9.17, 15) is 0 Å². The minimum atomic E-state index is 0.698. The fraction of sp³-hybridized carbons (Fsp3) is 0.600. The van der Waals surface area contributed by atoms with Gasteiger partial charge in [-0.3, -0.25) is 4.90 Å². The number of hydrogen-bond acceptors (Lipinski definition) is 2. The van der Waals surface area contributed by atoms with Crippen LogP contribution in [0.15, 0.2) is 24.3 Å². The van der Waals surface area contributed by atoms with E-state index in [1.54, 1.807) is 0 Å². The van der Waals surface area contributed by atoms with Crippen molar-refractivity contribution in [3.05, 3.63) is 35.4 Å². The lowest BCUT2D eigenvalue weighted by molar-refractivity contribution is 0.225. The Morgan fingerprint density at radius 2 is 1.78 bits per heavy atom. The number of likely N-dealkylation sites (tertiary alicyclic amines) is 1. The Labute approximate surface area is 113 Å². The number of piperidine rings is 1. The molecule has 3 heteroatoms. The van der Waals surface area contributed by atoms with Gasteiger partial charge < -0.3 is 5.32 Å². The number of benzene rings is 1. The first-order valence-electron chi connectivity index (χ1n) is 7.05. The van der Waals surface area contributed by atoms with Crippen molar-refractivity contribution in [3.63, 3.8) is 0 Å². The Morgan fingerprint density at radius 1 is 1.17 bits per heavy atom. The molecule has 2 rings (SSSR count). The van der Waals surface area contributed by atoms with Gasteiger partial charge in [0.05, 0.1) is 0 Å². The van der Waals surface area contributed by atoms with Crippen molar-refractivity contribution < 1.29 is 0 Å². The van der Waals surface area contributed by atoms with Crippen LogP contribution in [-0.2, 0) is 13.0 Å². The molecule has 0 bridgehead atoms. The first-order valence-corrected chi connectivity index (χ1v) is 7.87. The smallest absolute Gasteiger partial charge is 0.0208 e. The summed E-state index contributed by atoms with van der Waals surface area (Å²) in [5, 5.41) is 3.69. The van der Waals surface area contributed by atoms with Crippen molar-refractivity contribution in [1.82, 2.24) is 10.2 Å². The first-order chi connectivity index (χ1) is 8.81. The van der Waals surface area contributed by atoms with Gasteiger partial charge in [0, 0.05) is 18.9 Å². The minimum absolute atomic E-state index is 0.698. The zero-order valence-corrected chi connectivity index (χ0v) is 12.5. The van der Waals surface area contributed by atoms with E-state index in [1.807, 2.05) is 0 Å². The van der Waals surface area contributed by atoms with E-state index in [0.29, 0.717) is 6.04 Å². The summed E-state index contributed by atoms with van der Waals surface area (Å²) in [5.41, 5.74) is 2.83. The molecule has 1 aromatic carbocycles. The summed E-state index contributed by atoms with van der Waals surface area (Å²) < 4.78 is 0. The Morgan fingerprint density at radius 3 is 2.33 bits per heavy atom. The molecule has 1 fully saturated rings. The highest BCUT2D eigenvalue weighted by atomic mass is 31.0. The molecule has 0 spiro atoms. The molecular weight excluding hydrogens is 239 g/mol. The maximum atomic E-state index is 3.69. The van der Waals surface area contributed by atoms with Gasteiger partial charge in [-0.2, -0.15) is 0 Å². The van der Waals surface area contributed by atoms with Gasteiger partial charge in [-0.05, 0) is 43.5 Å². The molecule has 1 aliphatic rings. The molecule has 1 unspecified atom stereocenters. The number of aryl methyl sites for hydroxylation is 1. The van der Waals surface area contributed by atoms with Crippen molar-refractivity contribution >= 4 is 9.24 Å². The third-order valence-electron chi connectivity index (χ3n) is 3.87. The van der Waals surface area contributed by atoms with E-state index in [0.717, 1.165) is 19.3 Å². The third kappa shape index (κ3) is 4.05. The van der Waals surface area contributed by atoms with Crippen LogP contribution in [0.25, 0.3) is 0 Å². The Bertz CT molecular complexity index is 342. The van der Waals surface area contributed by atoms with E-state index in [-0.39, 0.29) is 0 Å². The van der Waals surface area contributed by atoms with Gasteiger partial charge in [0.25, 0.3) is 0 Å². The summed E-state index contributed by atoms with van der Waals surface area (Å²) >= 11 is 0. The van der Waals surface area contributed by atoms with Gasteiger partial charge in [0.2, 0.25) is 0 Å². The molecule has 1 heterocycles. The average Bonchev–Trinajstić information content (AvgIpc) is 2.46. The Kier molecular flexibility index (Phi) is 5.62. The average molecular weight is 264 g/mol. The summed E-state index contributed by atoms with van der Waals surface area (Å²) in [5.74, 6) is 0. The largest absolute Gasteiger partial charge is 0.310 e. The highest BCUT2D eigenvalue weighted by Gasteiger charge is 2.17. The molecule has 0 radical (unpaired) electrons. The molecule has 0 aliphatic carbocycles. The molecule has 1 aromatic rings. The van der Waals surface area contributed by atoms with Crippen LogP contribution < -0.4 is 5.32 Å². The quantitative estimate of drug-likeness (QED) is 0.823. The van der Waals surface area contributed by atoms with E-state index < -0.39 is 0 Å². The topological polar surface area (TPSA) is 15.3 Å². The minimum Gasteiger partial charge on any atom is -0.310 e. The van der Waals surface area contributed by atoms with Crippen LogP contribution in [0.3, 0.4) is 0 Å². The van der Waals surface area contributed by atoms with E-state index in [1.165, 1.54) is 37.1 Å². The van der Waals surface area contributed by atoms with Gasteiger partial charge in [-0.15, -0.1) is 9.24 Å². The van der Waals surface area contributed by atoms with E-state index in [4.69, 9.17) is 0 Å². The lowest BCUT2D eigenvalue weighted by atomic mass is 10.0. The fourth-order valence-corrected chi connectivity index (χ4v) is 2.84. The molecule has 0 amide bonds. The SMILES string of the molecule is CCc1ccc(CNC2CCN(CP)CC2)cc1. The van der Waals surface area contributed by atoms with Crippen LogP contribution >= 0.6 is 9.24 Å². The van der Waals surface area contributed by atoms with Crippen molar-refractivity contribution in [3.8, 4) is 0 Å². The Balaban J connectivity index is 1.74. The summed E-state index contributed by atoms with van der Waals surface area (Å²) in [6, 6.07) is 9.69. The molecule has 2 nitrogen and oxygen atoms in total. The number of nitrogens with zero attached hydrogens (tertiary/aromatic N) is 1. The third-order valence-corrected chi connectivity index (χ3v) is 4.39. The highest BCUT2D eigenvalue weighted by molar-refractivity contribution is 7.16. The number of rotatable bonds is 5. The van der Waals surface area contributed by atoms with Crippen molar-refractivity contribution in [2.75, 3.05) is 19.4 Å². The lowest BCUT2D eigenvalue weighted by Gasteiger charge is -2.31. The predicted octanol–water partition coefficient (Wildman–Crippen LogP) is 2.64. The lowest BCUT2D eigenvalue weighted by Crippen LogP contribution is -2.41. The van der Waals surface area contributed by atoms with Crippen molar-refractivity contribution in [1.29, 1.82) is 0 Å². The Hall–Kier alpha value is -0.430. The molecule has 1 aliphatic heterocycles. The van der Waals surface area contributed by atoms with Gasteiger partial charge in [0.1, 0.15) is 0 Å². The molecule has 0 aromatic heterocycles. The summed E-state index contributed by atoms with van der Waals surface area (Å²) in [6.45, 7) is 5.68. The number of nitrogens with one attached hydrogen (secondary N) is 1. The van der Waals surface area contributed by atoms with Crippen LogP contribution in [0.1, 0.15) is 30.9 Å². The van der Waals surface area contributed by atoms with Crippen molar-refractivity contribution in [2.45, 2.75) is 38.8 Å². The fourth-order valence-electron chi connectivity index (χ4n) is 2.47. The van der Waals surface area contributed by atoms with Crippen LogP contribution in [-0.4, -0.2) is 30.3 Å². The standard InChI is InChI=1S/C15H25N2P/c1-2-13-3-5-14(6-4-13)11-16-15-7-9-17(12-18)10-8-15/h3-6,15-16H,2,7-12,18H2,1H3. The molecular formula is C15H25N2P. The molecule has 18 heavy (non-hydrogen) atoms. The molecule has 1 atom stereocenters. The second kappa shape index (κ2) is 7.23. The first kappa shape index (κ1) is 14.0. The van der Waals surface area contributed by atoms with Gasteiger partial charge in [-0.25, -0.2) is 0 Å². The predicted molar refractivity (Wildman–Crippen MR) is 81.8 cm³/mol. The van der Waals surface area contributed by atoms with Crippen molar-refractivity contribution in [2.24, 2.45) is 0 Å². The van der Waals surface area contributed by atoms with Crippen LogP contribution in [0.4, 0.5) is 0 Å². The van der Waals surface area contributed by atoms with Crippen LogP contribution in [0.5, 0.6) is 0 Å². The van der Waals surface area contributed by atoms with E-state index >= 15 is 0 Å². The molecule has 0 saturated carbocycles. The second-order valence-corrected chi connectivity index (χ2v) is 5.49. The number of hydrogen-bond donors (Lipinski definition) is 1. The summed E-state index contributed by atoms with van der Waals surface area (Å²) in [6.07, 6.45) is 4.80. The maximum absolute atomic E-state index is 3.69. The highest BCUT2D eigenvalue weighted by Crippen LogP contribution is 2.12.